The van der Waals surface area contributed by atoms with Crippen molar-refractivity contribution in [2.75, 3.05) is 46.0 Å². The average Bonchev–Trinajstić information content (AvgIpc) is 3.35. The van der Waals surface area contributed by atoms with E-state index in [1.54, 1.807) is 63.2 Å². The smallest absolute Gasteiger partial charge is 0.307 e. The summed E-state index contributed by atoms with van der Waals surface area (Å²) in [6, 6.07) is 19.0. The molecular weight excluding hydrogens is 957 g/mol. The molecule has 1 aliphatic heterocycles. The van der Waals surface area contributed by atoms with Gasteiger partial charge in [-0.1, -0.05) is 112 Å². The number of terminal acetylenes is 1. The number of aryl methyl sites for hydroxylation is 2. The van der Waals surface area contributed by atoms with Gasteiger partial charge in [-0.05, 0) is 74.6 Å². The van der Waals surface area contributed by atoms with Crippen LogP contribution in [-0.2, 0) is 70.2 Å². The molecule has 396 valence electrons. The summed E-state index contributed by atoms with van der Waals surface area (Å²) >= 11 is 0. The summed E-state index contributed by atoms with van der Waals surface area (Å²) in [5.41, 5.74) is 0.0128. The number of benzene rings is 3. The fourth-order valence-corrected chi connectivity index (χ4v) is 8.93. The van der Waals surface area contributed by atoms with Crippen molar-refractivity contribution >= 4 is 51.4 Å². The molecule has 5 amide bonds. The number of nitrogens with zero attached hydrogens (tertiary/aromatic N) is 1. The first kappa shape index (κ1) is 59.1. The molecule has 1 fully saturated rings. The first-order valence-electron chi connectivity index (χ1n) is 24.7. The van der Waals surface area contributed by atoms with Gasteiger partial charge in [0.25, 0.3) is 10.1 Å². The average molecular weight is 1030 g/mol. The molecular formula is C54H72N6O12S. The molecule has 3 aromatic carbocycles. The number of Topliss-reactive ketones (excluding diaryl/α,β-unsaturated/α-hetero) is 1. The summed E-state index contributed by atoms with van der Waals surface area (Å²) in [6.45, 7) is 11.3. The SMILES string of the molecule is C#CCNC(=O)CCC(=O)OC(C)(COS(=O)(=O)c1ccc(C)cc1)C(=O)C(CC(C)C)NC(=O)C(Cc1ccccc1)NC(=O)C(CC(C)C)NC(=O)C(CCc1ccccc1)NC(=O)CN1CCOCC1. The Kier molecular flexibility index (Phi) is 23.7. The molecule has 4 rings (SSSR count). The summed E-state index contributed by atoms with van der Waals surface area (Å²) in [4.78, 5) is 99.1. The fourth-order valence-electron chi connectivity index (χ4n) is 7.95. The van der Waals surface area contributed by atoms with E-state index in [4.69, 9.17) is 20.1 Å². The molecule has 5 N–H and O–H groups in total. The summed E-state index contributed by atoms with van der Waals surface area (Å²) < 4.78 is 43.4. The Labute approximate surface area is 429 Å². The van der Waals surface area contributed by atoms with Crippen LogP contribution in [-0.4, -0.2) is 130 Å². The van der Waals surface area contributed by atoms with Crippen molar-refractivity contribution in [3.63, 3.8) is 0 Å². The number of carbonyl (C=O) groups excluding carboxylic acids is 7. The topological polar surface area (TPSA) is 245 Å². The Morgan fingerprint density at radius 1 is 0.712 bits per heavy atom. The number of morpholine rings is 1. The van der Waals surface area contributed by atoms with Crippen LogP contribution in [0.15, 0.2) is 89.8 Å². The molecule has 1 saturated heterocycles. The number of hydrogen-bond donors (Lipinski definition) is 5. The van der Waals surface area contributed by atoms with Gasteiger partial charge in [0.05, 0.1) is 43.7 Å². The van der Waals surface area contributed by atoms with Gasteiger partial charge in [0.15, 0.2) is 5.60 Å². The van der Waals surface area contributed by atoms with E-state index in [1.807, 2.05) is 49.1 Å². The third-order valence-electron chi connectivity index (χ3n) is 11.9. The lowest BCUT2D eigenvalue weighted by molar-refractivity contribution is -0.170. The third kappa shape index (κ3) is 20.5. The van der Waals surface area contributed by atoms with E-state index in [0.717, 1.165) is 18.1 Å². The Bertz CT molecular complexity index is 2460. The zero-order valence-electron chi connectivity index (χ0n) is 42.8. The quantitative estimate of drug-likeness (QED) is 0.0381. The number of carbonyl (C=O) groups is 7. The molecule has 19 heteroatoms. The molecule has 0 radical (unpaired) electrons. The minimum absolute atomic E-state index is 0.0312. The van der Waals surface area contributed by atoms with Crippen LogP contribution >= 0.6 is 0 Å². The second-order valence-electron chi connectivity index (χ2n) is 19.2. The molecule has 73 heavy (non-hydrogen) atoms. The van der Waals surface area contributed by atoms with Gasteiger partial charge >= 0.3 is 5.97 Å². The molecule has 1 aliphatic rings. The second-order valence-corrected chi connectivity index (χ2v) is 20.9. The zero-order valence-corrected chi connectivity index (χ0v) is 43.6. The maximum absolute atomic E-state index is 14.9. The van der Waals surface area contributed by atoms with Gasteiger partial charge in [0.1, 0.15) is 24.7 Å². The zero-order chi connectivity index (χ0) is 53.6. The lowest BCUT2D eigenvalue weighted by Gasteiger charge is -2.33. The standard InChI is InChI=1S/C54H72N6O12S/c1-8-27-55-47(61)25-26-49(63)72-54(7,36-71-73(68,69)42-22-19-39(6)20-23-42)50(64)44(32-37(2)3)57-53(67)46(34-41-17-13-10-14-18-41)59-52(66)45(33-38(4)5)58-51(65)43(24-21-40-15-11-9-12-16-40)56-48(62)35-60-28-30-70-31-29-60/h1,9-20,22-23,37-38,43-46H,21,24-36H2,2-7H3,(H,55,61)(H,56,62)(H,57,67)(H,58,65)(H,59,66). The molecule has 18 nitrogen and oxygen atoms in total. The molecule has 1 heterocycles. The highest BCUT2D eigenvalue weighted by Gasteiger charge is 2.45. The lowest BCUT2D eigenvalue weighted by Crippen LogP contribution is -2.60. The molecule has 0 saturated carbocycles. The van der Waals surface area contributed by atoms with Gasteiger partial charge in [0.2, 0.25) is 35.3 Å². The predicted octanol–water partition coefficient (Wildman–Crippen LogP) is 3.34. The van der Waals surface area contributed by atoms with E-state index in [0.29, 0.717) is 38.3 Å². The van der Waals surface area contributed by atoms with Crippen LogP contribution in [0.3, 0.4) is 0 Å². The molecule has 0 aliphatic carbocycles. The largest absolute Gasteiger partial charge is 0.449 e. The van der Waals surface area contributed by atoms with Gasteiger partial charge in [-0.3, -0.25) is 42.6 Å². The Balaban J connectivity index is 1.63. The first-order valence-corrected chi connectivity index (χ1v) is 26.1. The molecule has 0 aromatic heterocycles. The monoisotopic (exact) mass is 1030 g/mol. The van der Waals surface area contributed by atoms with Crippen LogP contribution in [0.4, 0.5) is 0 Å². The van der Waals surface area contributed by atoms with E-state index in [9.17, 15) is 42.0 Å². The van der Waals surface area contributed by atoms with Crippen LogP contribution in [0.25, 0.3) is 0 Å². The van der Waals surface area contributed by atoms with Crippen molar-refractivity contribution in [1.29, 1.82) is 0 Å². The fraction of sp³-hybridized carbons (Fsp3) is 0.500. The van der Waals surface area contributed by atoms with Crippen molar-refractivity contribution in [2.24, 2.45) is 11.8 Å². The van der Waals surface area contributed by atoms with Crippen molar-refractivity contribution in [1.82, 2.24) is 31.5 Å². The Morgan fingerprint density at radius 3 is 1.86 bits per heavy atom. The number of ether oxygens (including phenoxy) is 2. The highest BCUT2D eigenvalue weighted by Crippen LogP contribution is 2.24. The number of ketones is 1. The maximum atomic E-state index is 14.9. The number of hydrogen-bond acceptors (Lipinski definition) is 13. The van der Waals surface area contributed by atoms with Gasteiger partial charge in [-0.2, -0.15) is 8.42 Å². The van der Waals surface area contributed by atoms with Crippen LogP contribution in [0, 0.1) is 31.1 Å². The van der Waals surface area contributed by atoms with E-state index < -0.39 is 88.3 Å². The van der Waals surface area contributed by atoms with Crippen molar-refractivity contribution in [3.8, 4) is 12.3 Å². The second kappa shape index (κ2) is 29.3. The van der Waals surface area contributed by atoms with E-state index in [-0.39, 0.29) is 67.8 Å². The normalized spacial score (nSPS) is 15.3. The molecule has 0 spiro atoms. The first-order chi connectivity index (χ1) is 34.7. The highest BCUT2D eigenvalue weighted by atomic mass is 32.2. The highest BCUT2D eigenvalue weighted by molar-refractivity contribution is 7.86. The Morgan fingerprint density at radius 2 is 1.26 bits per heavy atom. The number of amides is 5. The van der Waals surface area contributed by atoms with Crippen LogP contribution < -0.4 is 26.6 Å². The minimum Gasteiger partial charge on any atom is -0.449 e. The van der Waals surface area contributed by atoms with E-state index in [1.165, 1.54) is 12.1 Å². The molecule has 3 aromatic rings. The van der Waals surface area contributed by atoms with Crippen molar-refractivity contribution < 1.29 is 55.6 Å². The summed E-state index contributed by atoms with van der Waals surface area (Å²) in [5, 5.41) is 13.8. The lowest BCUT2D eigenvalue weighted by atomic mass is 9.89. The maximum Gasteiger partial charge on any atom is 0.307 e. The van der Waals surface area contributed by atoms with Gasteiger partial charge < -0.3 is 36.1 Å². The third-order valence-corrected chi connectivity index (χ3v) is 13.2. The molecule has 5 atom stereocenters. The van der Waals surface area contributed by atoms with Crippen molar-refractivity contribution in [3.05, 3.63) is 102 Å². The number of rotatable bonds is 29. The van der Waals surface area contributed by atoms with Crippen LogP contribution in [0.2, 0.25) is 0 Å². The molecule has 0 bridgehead atoms. The molecule has 5 unspecified atom stereocenters. The van der Waals surface area contributed by atoms with E-state index in [2.05, 4.69) is 32.5 Å². The van der Waals surface area contributed by atoms with Gasteiger partial charge in [0, 0.05) is 25.9 Å². The van der Waals surface area contributed by atoms with Gasteiger partial charge in [-0.25, -0.2) is 0 Å². The Hall–Kier alpha value is -6.46. The van der Waals surface area contributed by atoms with Crippen LogP contribution in [0.5, 0.6) is 0 Å². The summed E-state index contributed by atoms with van der Waals surface area (Å²) in [7, 11) is -4.53. The number of nitrogens with one attached hydrogen (secondary N) is 5. The van der Waals surface area contributed by atoms with E-state index >= 15 is 0 Å². The predicted molar refractivity (Wildman–Crippen MR) is 274 cm³/mol. The van der Waals surface area contributed by atoms with Gasteiger partial charge in [-0.15, -0.1) is 6.42 Å². The van der Waals surface area contributed by atoms with Crippen LogP contribution in [0.1, 0.15) is 83.4 Å². The summed E-state index contributed by atoms with van der Waals surface area (Å²) in [6.07, 6.45) is 5.08. The summed E-state index contributed by atoms with van der Waals surface area (Å²) in [5.74, 6) is -3.14. The van der Waals surface area contributed by atoms with Crippen molar-refractivity contribution in [2.45, 2.75) is 121 Å². The minimum atomic E-state index is -4.53. The number of esters is 1.